The van der Waals surface area contributed by atoms with Crippen LogP contribution in [0.4, 0.5) is 0 Å². The zero-order valence-electron chi connectivity index (χ0n) is 21.8. The van der Waals surface area contributed by atoms with Crippen LogP contribution in [0.25, 0.3) is 22.4 Å². The maximum Gasteiger partial charge on any atom is 0.0783 e. The van der Waals surface area contributed by atoms with E-state index in [0.29, 0.717) is 0 Å². The lowest BCUT2D eigenvalue weighted by Gasteiger charge is -2.61. The maximum absolute atomic E-state index is 5.57. The Morgan fingerprint density at radius 2 is 1.54 bits per heavy atom. The molecule has 2 nitrogen and oxygen atoms in total. The Morgan fingerprint density at radius 3 is 2.27 bits per heavy atom. The molecule has 37 heavy (non-hydrogen) atoms. The summed E-state index contributed by atoms with van der Waals surface area (Å²) in [5.41, 5.74) is 9.28. The smallest absolute Gasteiger partial charge is 0.0783 e. The van der Waals surface area contributed by atoms with Crippen molar-refractivity contribution in [3.05, 3.63) is 114 Å². The highest BCUT2D eigenvalue weighted by Gasteiger charge is 2.57. The highest BCUT2D eigenvalue weighted by atomic mass is 15.2. The number of benzene rings is 3. The van der Waals surface area contributed by atoms with Crippen LogP contribution in [0.1, 0.15) is 49.4 Å². The minimum atomic E-state index is 0.0791. The van der Waals surface area contributed by atoms with Gasteiger partial charge < -0.3 is 0 Å². The number of pyridine rings is 1. The first kappa shape index (κ1) is 22.9. The van der Waals surface area contributed by atoms with Crippen molar-refractivity contribution >= 4 is 0 Å². The van der Waals surface area contributed by atoms with Crippen molar-refractivity contribution in [2.24, 2.45) is 17.8 Å². The molecule has 7 rings (SSSR count). The zero-order chi connectivity index (χ0) is 24.8. The van der Waals surface area contributed by atoms with Crippen molar-refractivity contribution < 1.29 is 0 Å². The van der Waals surface area contributed by atoms with E-state index in [-0.39, 0.29) is 5.54 Å². The van der Waals surface area contributed by atoms with Crippen LogP contribution in [0.5, 0.6) is 0 Å². The zero-order valence-corrected chi connectivity index (χ0v) is 21.8. The quantitative estimate of drug-likeness (QED) is 0.291. The minimum Gasteiger partial charge on any atom is -0.289 e. The largest absolute Gasteiger partial charge is 0.289 e. The Morgan fingerprint density at radius 1 is 0.865 bits per heavy atom. The summed E-state index contributed by atoms with van der Waals surface area (Å²) in [7, 11) is 0. The van der Waals surface area contributed by atoms with Crippen LogP contribution in [0.15, 0.2) is 97.1 Å². The van der Waals surface area contributed by atoms with Gasteiger partial charge in [-0.3, -0.25) is 9.88 Å². The Balaban J connectivity index is 1.45. The molecule has 1 aliphatic heterocycles. The van der Waals surface area contributed by atoms with Crippen molar-refractivity contribution in [2.45, 2.75) is 51.1 Å². The Labute approximate surface area is 221 Å². The van der Waals surface area contributed by atoms with Crippen LogP contribution >= 0.6 is 0 Å². The van der Waals surface area contributed by atoms with Crippen molar-refractivity contribution in [2.75, 3.05) is 6.54 Å². The number of piperidine rings is 1. The summed E-state index contributed by atoms with van der Waals surface area (Å²) >= 11 is 0. The molecule has 0 spiro atoms. The molecule has 2 heteroatoms. The molecule has 0 amide bonds. The van der Waals surface area contributed by atoms with Crippen molar-refractivity contribution in [1.29, 1.82) is 0 Å². The number of aromatic nitrogens is 1. The normalized spacial score (nSPS) is 26.8. The monoisotopic (exact) mass is 484 g/mol. The van der Waals surface area contributed by atoms with Crippen molar-refractivity contribution in [1.82, 2.24) is 9.88 Å². The predicted molar refractivity (Wildman–Crippen MR) is 152 cm³/mol. The van der Waals surface area contributed by atoms with Crippen molar-refractivity contribution in [3.8, 4) is 22.4 Å². The van der Waals surface area contributed by atoms with E-state index >= 15 is 0 Å². The fourth-order valence-electron chi connectivity index (χ4n) is 8.09. The van der Waals surface area contributed by atoms with E-state index < -0.39 is 0 Å². The predicted octanol–water partition coefficient (Wildman–Crippen LogP) is 8.13. The highest BCUT2D eigenvalue weighted by molar-refractivity contribution is 5.81. The fourth-order valence-corrected chi connectivity index (χ4v) is 8.09. The van der Waals surface area contributed by atoms with Gasteiger partial charge in [0.2, 0.25) is 0 Å². The van der Waals surface area contributed by atoms with Gasteiger partial charge in [0.25, 0.3) is 0 Å². The second-order valence-corrected chi connectivity index (χ2v) is 11.7. The van der Waals surface area contributed by atoms with Gasteiger partial charge >= 0.3 is 0 Å². The molecule has 186 valence electrons. The van der Waals surface area contributed by atoms with Gasteiger partial charge in [0.15, 0.2) is 0 Å². The molecule has 3 aliphatic rings. The molecular weight excluding hydrogens is 448 g/mol. The Hall–Kier alpha value is -3.23. The SMILES string of the molecule is C[C@@H]1C[C@H]2Cc3nc(-c4ccccc4)c(-c4ccccc4)cc3[C@@]3(C1)[C@@H]2CCCN3Cc1ccccc1. The maximum atomic E-state index is 5.57. The van der Waals surface area contributed by atoms with Gasteiger partial charge in [-0.05, 0) is 79.2 Å². The molecule has 1 aromatic heterocycles. The molecule has 0 unspecified atom stereocenters. The molecule has 0 N–H and O–H groups in total. The molecule has 3 aromatic carbocycles. The molecule has 1 saturated heterocycles. The highest BCUT2D eigenvalue weighted by Crippen LogP contribution is 2.59. The summed E-state index contributed by atoms with van der Waals surface area (Å²) in [6.45, 7) is 4.69. The molecule has 0 radical (unpaired) electrons. The Kier molecular flexibility index (Phi) is 5.74. The third-order valence-electron chi connectivity index (χ3n) is 9.43. The van der Waals surface area contributed by atoms with E-state index in [2.05, 4.69) is 109 Å². The lowest BCUT2D eigenvalue weighted by molar-refractivity contribution is -0.0967. The lowest BCUT2D eigenvalue weighted by Crippen LogP contribution is -2.61. The number of likely N-dealkylation sites (tertiary alicyclic amines) is 1. The van der Waals surface area contributed by atoms with E-state index in [1.807, 2.05) is 0 Å². The van der Waals surface area contributed by atoms with Gasteiger partial charge in [-0.25, -0.2) is 0 Å². The molecule has 2 bridgehead atoms. The minimum absolute atomic E-state index is 0.0791. The molecule has 4 aromatic rings. The molecule has 2 aliphatic carbocycles. The summed E-state index contributed by atoms with van der Waals surface area (Å²) in [6.07, 6.45) is 6.37. The number of rotatable bonds is 4. The van der Waals surface area contributed by atoms with Crippen LogP contribution in [0.3, 0.4) is 0 Å². The summed E-state index contributed by atoms with van der Waals surface area (Å²) in [5.74, 6) is 2.19. The van der Waals surface area contributed by atoms with Gasteiger partial charge in [0, 0.05) is 23.4 Å². The van der Waals surface area contributed by atoms with Crippen LogP contribution in [-0.2, 0) is 18.5 Å². The van der Waals surface area contributed by atoms with Gasteiger partial charge in [-0.1, -0.05) is 97.9 Å². The standard InChI is InChI=1S/C35H36N2/c1-25-20-29-21-33-32(35(23-25)31(29)18-11-19-37(35)24-26-12-5-2-6-13-26)22-30(27-14-7-3-8-15-27)34(36-33)28-16-9-4-10-17-28/h2-10,12-17,22,25,29,31H,11,18-21,23-24H2,1H3/t25-,29+,31-,35-/m1/s1. The second kappa shape index (κ2) is 9.26. The summed E-state index contributed by atoms with van der Waals surface area (Å²) in [5, 5.41) is 0. The molecule has 1 saturated carbocycles. The van der Waals surface area contributed by atoms with Crippen LogP contribution in [-0.4, -0.2) is 16.4 Å². The van der Waals surface area contributed by atoms with E-state index in [4.69, 9.17) is 4.98 Å². The molecule has 2 fully saturated rings. The lowest BCUT2D eigenvalue weighted by atomic mass is 9.53. The van der Waals surface area contributed by atoms with E-state index in [1.165, 1.54) is 65.7 Å². The van der Waals surface area contributed by atoms with Gasteiger partial charge in [0.1, 0.15) is 0 Å². The first-order valence-corrected chi connectivity index (χ1v) is 14.2. The average molecular weight is 485 g/mol. The third-order valence-corrected chi connectivity index (χ3v) is 9.43. The van der Waals surface area contributed by atoms with Crippen molar-refractivity contribution in [3.63, 3.8) is 0 Å². The van der Waals surface area contributed by atoms with Crippen LogP contribution < -0.4 is 0 Å². The van der Waals surface area contributed by atoms with Crippen LogP contribution in [0, 0.1) is 17.8 Å². The first-order chi connectivity index (χ1) is 18.2. The van der Waals surface area contributed by atoms with Gasteiger partial charge in [0.05, 0.1) is 11.2 Å². The number of fused-ring (bicyclic) bond motifs is 1. The van der Waals surface area contributed by atoms with Gasteiger partial charge in [-0.2, -0.15) is 0 Å². The summed E-state index contributed by atoms with van der Waals surface area (Å²) in [6, 6.07) is 35.5. The van der Waals surface area contributed by atoms with Gasteiger partial charge in [-0.15, -0.1) is 0 Å². The molecular formula is C35H36N2. The Bertz CT molecular complexity index is 1380. The number of nitrogens with zero attached hydrogens (tertiary/aromatic N) is 2. The summed E-state index contributed by atoms with van der Waals surface area (Å²) < 4.78 is 0. The third kappa shape index (κ3) is 3.85. The van der Waals surface area contributed by atoms with E-state index in [9.17, 15) is 0 Å². The second-order valence-electron chi connectivity index (χ2n) is 11.7. The average Bonchev–Trinajstić information content (AvgIpc) is 2.94. The number of hydrogen-bond acceptors (Lipinski definition) is 2. The van der Waals surface area contributed by atoms with E-state index in [1.54, 1.807) is 0 Å². The van der Waals surface area contributed by atoms with Crippen LogP contribution in [0.2, 0.25) is 0 Å². The summed E-state index contributed by atoms with van der Waals surface area (Å²) in [4.78, 5) is 8.44. The molecule has 2 heterocycles. The number of hydrogen-bond donors (Lipinski definition) is 0. The van der Waals surface area contributed by atoms with E-state index in [0.717, 1.165) is 36.4 Å². The topological polar surface area (TPSA) is 16.1 Å². The molecule has 4 atom stereocenters. The fraction of sp³-hybridized carbons (Fsp3) is 0.343. The first-order valence-electron chi connectivity index (χ1n) is 14.2.